The van der Waals surface area contributed by atoms with Gasteiger partial charge in [-0.3, -0.25) is 4.55 Å². The van der Waals surface area contributed by atoms with Crippen molar-refractivity contribution in [1.82, 2.24) is 4.72 Å². The minimum atomic E-state index is -4.15. The minimum Gasteiger partial charge on any atom is -0.286 e. The highest BCUT2D eigenvalue weighted by atomic mass is 32.2. The van der Waals surface area contributed by atoms with Gasteiger partial charge in [0.1, 0.15) is 0 Å². The predicted octanol–water partition coefficient (Wildman–Crippen LogP) is 1.40. The van der Waals surface area contributed by atoms with E-state index in [1.165, 1.54) is 0 Å². The molecule has 2 saturated carbocycles. The highest BCUT2D eigenvalue weighted by Crippen LogP contribution is 2.48. The van der Waals surface area contributed by atoms with E-state index in [-0.39, 0.29) is 6.54 Å². The van der Waals surface area contributed by atoms with Crippen LogP contribution in [0.2, 0.25) is 0 Å². The van der Waals surface area contributed by atoms with E-state index in [2.05, 4.69) is 11.6 Å². The lowest BCUT2D eigenvalue weighted by atomic mass is 9.65. The van der Waals surface area contributed by atoms with Gasteiger partial charge in [-0.15, -0.1) is 0 Å². The van der Waals surface area contributed by atoms with Gasteiger partial charge in [-0.1, -0.05) is 6.92 Å². The van der Waals surface area contributed by atoms with E-state index in [4.69, 9.17) is 4.55 Å². The van der Waals surface area contributed by atoms with E-state index in [1.807, 2.05) is 0 Å². The van der Waals surface area contributed by atoms with Crippen molar-refractivity contribution in [2.75, 3.05) is 12.3 Å². The van der Waals surface area contributed by atoms with Crippen LogP contribution in [0.4, 0.5) is 0 Å². The first kappa shape index (κ1) is 17.2. The van der Waals surface area contributed by atoms with Gasteiger partial charge >= 0.3 is 0 Å². The lowest BCUT2D eigenvalue weighted by Gasteiger charge is -2.46. The van der Waals surface area contributed by atoms with Crippen LogP contribution in [0.3, 0.4) is 0 Å². The molecule has 0 radical (unpaired) electrons. The summed E-state index contributed by atoms with van der Waals surface area (Å²) in [5.74, 6) is 0.950. The van der Waals surface area contributed by atoms with Crippen LogP contribution in [0.15, 0.2) is 0 Å². The lowest BCUT2D eigenvalue weighted by Crippen LogP contribution is -2.51. The summed E-state index contributed by atoms with van der Waals surface area (Å²) in [5, 5.41) is 0. The molecule has 2 aliphatic carbocycles. The van der Waals surface area contributed by atoms with Crippen molar-refractivity contribution in [3.8, 4) is 0 Å². The van der Waals surface area contributed by atoms with Crippen molar-refractivity contribution < 1.29 is 21.4 Å². The summed E-state index contributed by atoms with van der Waals surface area (Å²) in [5.41, 5.74) is 0. The Morgan fingerprint density at radius 3 is 2.10 bits per heavy atom. The maximum Gasteiger partial charge on any atom is 0.266 e. The molecule has 2 fully saturated rings. The molecule has 2 bridgehead atoms. The van der Waals surface area contributed by atoms with Crippen LogP contribution in [-0.4, -0.2) is 38.4 Å². The Labute approximate surface area is 127 Å². The summed E-state index contributed by atoms with van der Waals surface area (Å²) in [6, 6.07) is 0. The molecule has 0 saturated heterocycles. The zero-order chi connectivity index (χ0) is 15.9. The predicted molar refractivity (Wildman–Crippen MR) is 81.0 cm³/mol. The molecule has 2 rings (SSSR count). The minimum absolute atomic E-state index is 0.275. The lowest BCUT2D eigenvalue weighted by molar-refractivity contribution is 0.120. The summed E-state index contributed by atoms with van der Waals surface area (Å²) in [6.45, 7) is 3.71. The first-order valence-corrected chi connectivity index (χ1v) is 10.5. The van der Waals surface area contributed by atoms with E-state index in [9.17, 15) is 16.8 Å². The fraction of sp³-hybridized carbons (Fsp3) is 1.00. The molecule has 2 unspecified atom stereocenters. The average molecular weight is 339 g/mol. The van der Waals surface area contributed by atoms with E-state index in [0.717, 1.165) is 19.3 Å². The first-order valence-electron chi connectivity index (χ1n) is 7.45. The van der Waals surface area contributed by atoms with Crippen molar-refractivity contribution in [2.24, 2.45) is 17.8 Å². The highest BCUT2D eigenvalue weighted by Gasteiger charge is 2.48. The molecular weight excluding hydrogens is 314 g/mol. The van der Waals surface area contributed by atoms with Crippen LogP contribution in [0.5, 0.6) is 0 Å². The largest absolute Gasteiger partial charge is 0.286 e. The van der Waals surface area contributed by atoms with E-state index in [0.29, 0.717) is 30.6 Å². The number of rotatable bonds is 5. The Morgan fingerprint density at radius 1 is 1.10 bits per heavy atom. The third-order valence-corrected chi connectivity index (χ3v) is 7.81. The third-order valence-electron chi connectivity index (χ3n) is 4.88. The second kappa shape index (κ2) is 5.79. The summed E-state index contributed by atoms with van der Waals surface area (Å²) in [7, 11) is -7.74. The smallest absolute Gasteiger partial charge is 0.266 e. The zero-order valence-electron chi connectivity index (χ0n) is 12.6. The van der Waals surface area contributed by atoms with Gasteiger partial charge in [0.05, 0.1) is 10.5 Å². The van der Waals surface area contributed by atoms with Crippen molar-refractivity contribution in [3.05, 3.63) is 0 Å². The highest BCUT2D eigenvalue weighted by molar-refractivity contribution is 7.91. The summed E-state index contributed by atoms with van der Waals surface area (Å²) in [6.07, 6.45) is 4.53. The molecule has 124 valence electrons. The fourth-order valence-corrected chi connectivity index (χ4v) is 6.35. The molecule has 6 nitrogen and oxygen atoms in total. The molecule has 8 heteroatoms. The van der Waals surface area contributed by atoms with Gasteiger partial charge in [0.25, 0.3) is 10.1 Å². The van der Waals surface area contributed by atoms with Crippen molar-refractivity contribution in [1.29, 1.82) is 0 Å². The first-order chi connectivity index (χ1) is 9.51. The quantitative estimate of drug-likeness (QED) is 0.737. The molecule has 0 aromatic carbocycles. The molecular formula is C13H25NO5S2. The molecule has 2 N–H and O–H groups in total. The molecule has 0 aliphatic heterocycles. The Hall–Kier alpha value is -0.180. The van der Waals surface area contributed by atoms with Gasteiger partial charge in [0.15, 0.2) is 0 Å². The average Bonchev–Trinajstić information content (AvgIpc) is 2.23. The molecule has 2 atom stereocenters. The standard InChI is InChI=1S/C13H25NO5S2/c1-10-5-11-7-12(6-10)9-13(2,8-11)21(18,19)14-3-4-20(15,16)17/h10-12,14H,3-9H2,1-2H3,(H,15,16,17). The Balaban J connectivity index is 2.05. The van der Waals surface area contributed by atoms with Crippen LogP contribution in [0, 0.1) is 17.8 Å². The summed E-state index contributed by atoms with van der Waals surface area (Å²) >= 11 is 0. The fourth-order valence-electron chi connectivity index (χ4n) is 4.23. The molecule has 0 amide bonds. The molecule has 21 heavy (non-hydrogen) atoms. The Morgan fingerprint density at radius 2 is 1.62 bits per heavy atom. The summed E-state index contributed by atoms with van der Waals surface area (Å²) in [4.78, 5) is 0. The van der Waals surface area contributed by atoms with Gasteiger partial charge in [0, 0.05) is 6.54 Å². The normalized spacial score (nSPS) is 37.4. The second-order valence-electron chi connectivity index (χ2n) is 7.09. The van der Waals surface area contributed by atoms with Gasteiger partial charge in [0.2, 0.25) is 10.0 Å². The summed E-state index contributed by atoms with van der Waals surface area (Å²) < 4.78 is 56.6. The molecule has 2 aliphatic rings. The van der Waals surface area contributed by atoms with Crippen LogP contribution < -0.4 is 4.72 Å². The Bertz CT molecular complexity index is 566. The second-order valence-corrected chi connectivity index (χ2v) is 10.9. The van der Waals surface area contributed by atoms with Gasteiger partial charge in [-0.2, -0.15) is 8.42 Å². The van der Waals surface area contributed by atoms with Gasteiger partial charge in [-0.25, -0.2) is 13.1 Å². The van der Waals surface area contributed by atoms with Crippen molar-refractivity contribution >= 4 is 20.1 Å². The van der Waals surface area contributed by atoms with E-state index < -0.39 is 30.6 Å². The SMILES string of the molecule is CC1CC2CC(C1)CC(C)(S(=O)(=O)NCCS(=O)(=O)O)C2. The van der Waals surface area contributed by atoms with Crippen molar-refractivity contribution in [2.45, 2.75) is 50.7 Å². The molecule has 0 aromatic rings. The molecule has 0 aromatic heterocycles. The number of hydrogen-bond donors (Lipinski definition) is 2. The third kappa shape index (κ3) is 4.18. The zero-order valence-corrected chi connectivity index (χ0v) is 14.2. The van der Waals surface area contributed by atoms with Crippen LogP contribution in [0.1, 0.15) is 46.0 Å². The number of nitrogens with one attached hydrogen (secondary N) is 1. The molecule has 0 spiro atoms. The van der Waals surface area contributed by atoms with Gasteiger partial charge < -0.3 is 0 Å². The monoisotopic (exact) mass is 339 g/mol. The van der Waals surface area contributed by atoms with Crippen LogP contribution in [0.25, 0.3) is 0 Å². The maximum atomic E-state index is 12.5. The topological polar surface area (TPSA) is 101 Å². The van der Waals surface area contributed by atoms with Gasteiger partial charge in [-0.05, 0) is 56.8 Å². The maximum absolute atomic E-state index is 12.5. The number of sulfonamides is 1. The molecule has 0 heterocycles. The van der Waals surface area contributed by atoms with E-state index in [1.54, 1.807) is 6.92 Å². The Kier molecular flexibility index (Phi) is 4.74. The van der Waals surface area contributed by atoms with Crippen LogP contribution >= 0.6 is 0 Å². The number of hydrogen-bond acceptors (Lipinski definition) is 4. The van der Waals surface area contributed by atoms with Crippen LogP contribution in [-0.2, 0) is 20.1 Å². The number of fused-ring (bicyclic) bond motifs is 2. The van der Waals surface area contributed by atoms with E-state index >= 15 is 0 Å². The van der Waals surface area contributed by atoms with Crippen molar-refractivity contribution in [3.63, 3.8) is 0 Å².